The van der Waals surface area contributed by atoms with Gasteiger partial charge in [0.15, 0.2) is 0 Å². The maximum Gasteiger partial charge on any atom is 0.133 e. The normalized spacial score (nSPS) is 14.9. The highest BCUT2D eigenvalue weighted by Crippen LogP contribution is 2.27. The van der Waals surface area contributed by atoms with Crippen LogP contribution in [-0.2, 0) is 12.8 Å². The van der Waals surface area contributed by atoms with Crippen LogP contribution in [0.5, 0.6) is 0 Å². The molecule has 1 heterocycles. The second kappa shape index (κ2) is 4.76. The first-order chi connectivity index (χ1) is 7.68. The van der Waals surface area contributed by atoms with Crippen molar-refractivity contribution in [2.24, 2.45) is 0 Å². The van der Waals surface area contributed by atoms with Gasteiger partial charge < -0.3 is 5.32 Å². The van der Waals surface area contributed by atoms with E-state index in [1.54, 1.807) is 6.33 Å². The molecule has 1 aromatic heterocycles. The molecule has 0 saturated heterocycles. The molecule has 2 rings (SSSR count). The predicted octanol–water partition coefficient (Wildman–Crippen LogP) is 2.61. The van der Waals surface area contributed by atoms with Crippen molar-refractivity contribution >= 4 is 29.0 Å². The number of halogens is 2. The quantitative estimate of drug-likeness (QED) is 0.845. The largest absolute Gasteiger partial charge is 0.362 e. The van der Waals surface area contributed by atoms with Gasteiger partial charge in [0.05, 0.1) is 5.54 Å². The Labute approximate surface area is 106 Å². The van der Waals surface area contributed by atoms with E-state index in [0.29, 0.717) is 11.8 Å². The fourth-order valence-corrected chi connectivity index (χ4v) is 2.27. The Hall–Kier alpha value is -0.540. The number of nitrogens with zero attached hydrogens (tertiary/aromatic N) is 2. The summed E-state index contributed by atoms with van der Waals surface area (Å²) >= 11 is 11.8. The van der Waals surface area contributed by atoms with Gasteiger partial charge in [-0.05, 0) is 26.2 Å². The molecular formula is C11H15Cl2N3. The van der Waals surface area contributed by atoms with Gasteiger partial charge in [0.25, 0.3) is 0 Å². The fraction of sp³-hybridized carbons (Fsp3) is 0.636. The van der Waals surface area contributed by atoms with E-state index in [-0.39, 0.29) is 5.54 Å². The minimum absolute atomic E-state index is 0.312. The fourth-order valence-electron chi connectivity index (χ4n) is 1.86. The molecule has 1 aliphatic carbocycles. The second-order valence-corrected chi connectivity index (χ2v) is 4.99. The molecule has 0 fully saturated rings. The zero-order valence-corrected chi connectivity index (χ0v) is 10.8. The third kappa shape index (κ3) is 2.25. The number of aryl methyl sites for hydroxylation is 1. The van der Waals surface area contributed by atoms with Crippen LogP contribution in [0.25, 0.3) is 0 Å². The van der Waals surface area contributed by atoms with Gasteiger partial charge in [-0.3, -0.25) is 0 Å². The van der Waals surface area contributed by atoms with Crippen molar-refractivity contribution in [3.63, 3.8) is 0 Å². The van der Waals surface area contributed by atoms with E-state index in [9.17, 15) is 0 Å². The molecule has 0 spiro atoms. The van der Waals surface area contributed by atoms with Gasteiger partial charge in [-0.15, -0.1) is 23.2 Å². The van der Waals surface area contributed by atoms with E-state index in [1.165, 1.54) is 5.56 Å². The van der Waals surface area contributed by atoms with Crippen molar-refractivity contribution < 1.29 is 0 Å². The third-order valence-corrected chi connectivity index (χ3v) is 4.06. The van der Waals surface area contributed by atoms with E-state index in [0.717, 1.165) is 30.8 Å². The van der Waals surface area contributed by atoms with Crippen LogP contribution < -0.4 is 5.32 Å². The monoisotopic (exact) mass is 259 g/mol. The lowest BCUT2D eigenvalue weighted by Gasteiger charge is -2.27. The van der Waals surface area contributed by atoms with Crippen LogP contribution in [0.3, 0.4) is 0 Å². The van der Waals surface area contributed by atoms with Gasteiger partial charge in [0.1, 0.15) is 12.1 Å². The van der Waals surface area contributed by atoms with Crippen LogP contribution in [0.4, 0.5) is 5.82 Å². The molecule has 1 aliphatic rings. The summed E-state index contributed by atoms with van der Waals surface area (Å²) in [5, 5.41) is 3.34. The smallest absolute Gasteiger partial charge is 0.133 e. The molecular weight excluding hydrogens is 245 g/mol. The number of alkyl halides is 2. The second-order valence-electron chi connectivity index (χ2n) is 4.45. The maximum absolute atomic E-state index is 5.92. The van der Waals surface area contributed by atoms with Crippen LogP contribution in [0.15, 0.2) is 6.33 Å². The van der Waals surface area contributed by atoms with E-state index in [1.807, 2.05) is 6.92 Å². The van der Waals surface area contributed by atoms with Gasteiger partial charge in [-0.25, -0.2) is 9.97 Å². The summed E-state index contributed by atoms with van der Waals surface area (Å²) in [7, 11) is 0. The van der Waals surface area contributed by atoms with E-state index in [2.05, 4.69) is 15.3 Å². The first-order valence-electron chi connectivity index (χ1n) is 5.41. The summed E-state index contributed by atoms with van der Waals surface area (Å²) in [6, 6.07) is 0. The summed E-state index contributed by atoms with van der Waals surface area (Å²) < 4.78 is 0. The molecule has 1 N–H and O–H groups in total. The number of rotatable bonds is 4. The van der Waals surface area contributed by atoms with Gasteiger partial charge in [-0.1, -0.05) is 0 Å². The topological polar surface area (TPSA) is 37.8 Å². The van der Waals surface area contributed by atoms with Gasteiger partial charge in [0, 0.05) is 23.0 Å². The molecule has 0 saturated carbocycles. The highest BCUT2D eigenvalue weighted by Gasteiger charge is 2.25. The highest BCUT2D eigenvalue weighted by atomic mass is 35.5. The Balaban J connectivity index is 2.25. The minimum atomic E-state index is -0.312. The molecule has 0 amide bonds. The van der Waals surface area contributed by atoms with Crippen molar-refractivity contribution in [3.8, 4) is 0 Å². The number of hydrogen-bond acceptors (Lipinski definition) is 3. The molecule has 0 bridgehead atoms. The van der Waals surface area contributed by atoms with Gasteiger partial charge in [-0.2, -0.15) is 0 Å². The van der Waals surface area contributed by atoms with Crippen LogP contribution in [-0.4, -0.2) is 27.3 Å². The Morgan fingerprint density at radius 2 is 2.06 bits per heavy atom. The van der Waals surface area contributed by atoms with Crippen molar-refractivity contribution in [2.75, 3.05) is 17.1 Å². The predicted molar refractivity (Wildman–Crippen MR) is 67.5 cm³/mol. The molecule has 1 aromatic rings. The van der Waals surface area contributed by atoms with Crippen LogP contribution in [0.2, 0.25) is 0 Å². The van der Waals surface area contributed by atoms with Crippen molar-refractivity contribution in [3.05, 3.63) is 17.6 Å². The zero-order valence-electron chi connectivity index (χ0n) is 9.26. The minimum Gasteiger partial charge on any atom is -0.362 e. The lowest BCUT2D eigenvalue weighted by Crippen LogP contribution is -2.39. The number of anilines is 1. The van der Waals surface area contributed by atoms with Gasteiger partial charge in [0.2, 0.25) is 0 Å². The molecule has 0 atom stereocenters. The number of hydrogen-bond donors (Lipinski definition) is 1. The molecule has 0 aromatic carbocycles. The van der Waals surface area contributed by atoms with Crippen molar-refractivity contribution in [1.29, 1.82) is 0 Å². The Morgan fingerprint density at radius 1 is 1.31 bits per heavy atom. The molecule has 88 valence electrons. The Bertz CT molecular complexity index is 377. The van der Waals surface area contributed by atoms with Crippen LogP contribution in [0.1, 0.15) is 24.6 Å². The molecule has 16 heavy (non-hydrogen) atoms. The summed E-state index contributed by atoms with van der Waals surface area (Å²) in [6.45, 7) is 2.00. The molecule has 0 unspecified atom stereocenters. The highest BCUT2D eigenvalue weighted by molar-refractivity contribution is 6.22. The molecule has 3 nitrogen and oxygen atoms in total. The lowest BCUT2D eigenvalue weighted by atomic mass is 10.1. The number of nitrogens with one attached hydrogen (secondary N) is 1. The summed E-state index contributed by atoms with van der Waals surface area (Å²) in [4.78, 5) is 8.58. The van der Waals surface area contributed by atoms with E-state index >= 15 is 0 Å². The Kier molecular flexibility index (Phi) is 3.55. The SMILES string of the molecule is CC(CCl)(CCl)Nc1ncnc2c1CCC2. The molecule has 0 radical (unpaired) electrons. The first kappa shape index (κ1) is 11.9. The average Bonchev–Trinajstić information content (AvgIpc) is 2.78. The van der Waals surface area contributed by atoms with Crippen LogP contribution in [0, 0.1) is 0 Å². The molecule has 0 aliphatic heterocycles. The molecule has 5 heteroatoms. The van der Waals surface area contributed by atoms with E-state index < -0.39 is 0 Å². The Morgan fingerprint density at radius 3 is 2.75 bits per heavy atom. The summed E-state index contributed by atoms with van der Waals surface area (Å²) in [5.74, 6) is 1.80. The summed E-state index contributed by atoms with van der Waals surface area (Å²) in [6.07, 6.45) is 4.85. The first-order valence-corrected chi connectivity index (χ1v) is 6.48. The number of fused-ring (bicyclic) bond motifs is 1. The standard InChI is InChI=1S/C11H15Cl2N3/c1-11(5-12,6-13)16-10-8-3-2-4-9(8)14-7-15-10/h7H,2-6H2,1H3,(H,14,15,16). The van der Waals surface area contributed by atoms with Gasteiger partial charge >= 0.3 is 0 Å². The third-order valence-electron chi connectivity index (χ3n) is 2.89. The van der Waals surface area contributed by atoms with Crippen molar-refractivity contribution in [1.82, 2.24) is 9.97 Å². The van der Waals surface area contributed by atoms with Crippen molar-refractivity contribution in [2.45, 2.75) is 31.7 Å². The zero-order chi connectivity index (χ0) is 11.6. The summed E-state index contributed by atoms with van der Waals surface area (Å²) in [5.41, 5.74) is 2.07. The maximum atomic E-state index is 5.92. The lowest BCUT2D eigenvalue weighted by molar-refractivity contribution is 0.643. The average molecular weight is 260 g/mol. The van der Waals surface area contributed by atoms with E-state index in [4.69, 9.17) is 23.2 Å². The van der Waals surface area contributed by atoms with Crippen LogP contribution >= 0.6 is 23.2 Å². The number of aromatic nitrogens is 2.